The average Bonchev–Trinajstić information content (AvgIpc) is 3.66. The van der Waals surface area contributed by atoms with Crippen molar-refractivity contribution in [2.24, 2.45) is 0 Å². The smallest absolute Gasteiger partial charge is 0.0999 e. The Kier molecular flexibility index (Phi) is 5.94. The van der Waals surface area contributed by atoms with E-state index in [4.69, 9.17) is 0 Å². The number of hydrogen-bond acceptors (Lipinski definition) is 2. The predicted molar refractivity (Wildman–Crippen MR) is 192 cm³/mol. The van der Waals surface area contributed by atoms with Gasteiger partial charge in [-0.1, -0.05) is 140 Å². The van der Waals surface area contributed by atoms with Gasteiger partial charge in [0.15, 0.2) is 0 Å². The van der Waals surface area contributed by atoms with E-state index in [1.165, 1.54) is 0 Å². The van der Waals surface area contributed by atoms with Crippen molar-refractivity contribution in [1.82, 2.24) is 4.40 Å². The molecule has 0 fully saturated rings. The van der Waals surface area contributed by atoms with Crippen molar-refractivity contribution in [3.63, 3.8) is 0 Å². The lowest BCUT2D eigenvalue weighted by atomic mass is 9.86. The van der Waals surface area contributed by atoms with Gasteiger partial charge in [0.25, 0.3) is 0 Å². The molecule has 0 saturated carbocycles. The molecule has 0 amide bonds. The zero-order chi connectivity index (χ0) is 31.5. The second-order valence-electron chi connectivity index (χ2n) is 11.9. The Morgan fingerprint density at radius 1 is 0.383 bits per heavy atom. The van der Waals surface area contributed by atoms with Gasteiger partial charge >= 0.3 is 0 Å². The predicted octanol–water partition coefficient (Wildman–Crippen LogP) is 11.2. The number of fused-ring (bicyclic) bond motifs is 6. The molecule has 0 N–H and O–H groups in total. The van der Waals surface area contributed by atoms with Crippen LogP contribution >= 0.6 is 0 Å². The Morgan fingerprint density at radius 3 is 1.06 bits per heavy atom. The van der Waals surface area contributed by atoms with Gasteiger partial charge in [0.05, 0.1) is 39.8 Å². The van der Waals surface area contributed by atoms with Gasteiger partial charge in [0, 0.05) is 43.8 Å². The molecular formula is C44H25N3. The van der Waals surface area contributed by atoms with Crippen LogP contribution in [0.5, 0.6) is 0 Å². The number of aromatic nitrogens is 1. The fourth-order valence-corrected chi connectivity index (χ4v) is 7.57. The second kappa shape index (κ2) is 10.5. The van der Waals surface area contributed by atoms with Crippen molar-refractivity contribution < 1.29 is 0 Å². The van der Waals surface area contributed by atoms with E-state index in [1.807, 2.05) is 60.7 Å². The van der Waals surface area contributed by atoms with Gasteiger partial charge in [-0.2, -0.15) is 10.5 Å². The third-order valence-electron chi connectivity index (χ3n) is 9.38. The van der Waals surface area contributed by atoms with Crippen molar-refractivity contribution in [1.29, 1.82) is 10.5 Å². The molecular weight excluding hydrogens is 571 g/mol. The highest BCUT2D eigenvalue weighted by Crippen LogP contribution is 2.50. The van der Waals surface area contributed by atoms with Gasteiger partial charge in [-0.25, -0.2) is 0 Å². The van der Waals surface area contributed by atoms with Gasteiger partial charge in [0.1, 0.15) is 0 Å². The lowest BCUT2D eigenvalue weighted by Gasteiger charge is -2.17. The summed E-state index contributed by atoms with van der Waals surface area (Å²) in [5.41, 5.74) is 12.3. The van der Waals surface area contributed by atoms with Gasteiger partial charge in [0.2, 0.25) is 0 Å². The maximum atomic E-state index is 10.7. The largest absolute Gasteiger partial charge is 0.308 e. The van der Waals surface area contributed by atoms with Crippen LogP contribution in [0.25, 0.3) is 82.6 Å². The third-order valence-corrected chi connectivity index (χ3v) is 9.38. The summed E-state index contributed by atoms with van der Waals surface area (Å²) >= 11 is 0. The van der Waals surface area contributed by atoms with E-state index in [0.29, 0.717) is 11.1 Å². The highest BCUT2D eigenvalue weighted by atomic mass is 14.9. The minimum absolute atomic E-state index is 0.612. The van der Waals surface area contributed by atoms with E-state index in [2.05, 4.69) is 108 Å². The first-order valence-electron chi connectivity index (χ1n) is 15.7. The molecule has 3 nitrogen and oxygen atoms in total. The lowest BCUT2D eigenvalue weighted by molar-refractivity contribution is 1.36. The minimum atomic E-state index is 0.612. The maximum absolute atomic E-state index is 10.7. The molecule has 0 saturated heterocycles. The number of rotatable bonds is 4. The molecule has 9 rings (SSSR count). The molecule has 0 aliphatic carbocycles. The van der Waals surface area contributed by atoms with Gasteiger partial charge in [-0.3, -0.25) is 0 Å². The Hall–Kier alpha value is -6.68. The summed E-state index contributed by atoms with van der Waals surface area (Å²) in [5, 5.41) is 25.8. The fourth-order valence-electron chi connectivity index (χ4n) is 7.57. The van der Waals surface area contributed by atoms with Gasteiger partial charge in [-0.05, 0) is 34.4 Å². The number of para-hydroxylation sites is 1. The average molecular weight is 596 g/mol. The number of benzene rings is 7. The van der Waals surface area contributed by atoms with E-state index in [-0.39, 0.29) is 0 Å². The van der Waals surface area contributed by atoms with Crippen LogP contribution in [0, 0.1) is 22.7 Å². The topological polar surface area (TPSA) is 52.0 Å². The first-order valence-corrected chi connectivity index (χ1v) is 15.7. The van der Waals surface area contributed by atoms with E-state index >= 15 is 0 Å². The summed E-state index contributed by atoms with van der Waals surface area (Å²) in [5.74, 6) is 0. The van der Waals surface area contributed by atoms with E-state index in [9.17, 15) is 10.5 Å². The third kappa shape index (κ3) is 3.85. The summed E-state index contributed by atoms with van der Waals surface area (Å²) in [6.07, 6.45) is 0. The molecule has 2 aromatic heterocycles. The van der Waals surface area contributed by atoms with Crippen LogP contribution in [-0.4, -0.2) is 4.40 Å². The van der Waals surface area contributed by atoms with Crippen LogP contribution in [0.3, 0.4) is 0 Å². The van der Waals surface area contributed by atoms with Crippen LogP contribution in [0.1, 0.15) is 11.1 Å². The summed E-state index contributed by atoms with van der Waals surface area (Å²) in [6.45, 7) is 0. The van der Waals surface area contributed by atoms with Crippen LogP contribution < -0.4 is 0 Å². The van der Waals surface area contributed by atoms with Crippen LogP contribution in [0.4, 0.5) is 0 Å². The minimum Gasteiger partial charge on any atom is -0.308 e. The quantitative estimate of drug-likeness (QED) is 0.203. The normalized spacial score (nSPS) is 11.4. The second-order valence-corrected chi connectivity index (χ2v) is 11.9. The Balaban J connectivity index is 1.54. The summed E-state index contributed by atoms with van der Waals surface area (Å²) in [7, 11) is 0. The van der Waals surface area contributed by atoms with Crippen LogP contribution in [-0.2, 0) is 0 Å². The molecule has 0 aliphatic heterocycles. The van der Waals surface area contributed by atoms with Crippen molar-refractivity contribution in [3.05, 3.63) is 163 Å². The molecule has 0 spiro atoms. The van der Waals surface area contributed by atoms with Crippen molar-refractivity contribution in [2.75, 3.05) is 0 Å². The molecule has 47 heavy (non-hydrogen) atoms. The zero-order valence-electron chi connectivity index (χ0n) is 25.3. The molecule has 0 atom stereocenters. The van der Waals surface area contributed by atoms with E-state index < -0.39 is 0 Å². The zero-order valence-corrected chi connectivity index (χ0v) is 25.3. The molecule has 0 aliphatic rings. The fraction of sp³-hybridized carbons (Fsp3) is 0. The van der Waals surface area contributed by atoms with Crippen molar-refractivity contribution >= 4 is 38.1 Å². The molecule has 9 aromatic rings. The van der Waals surface area contributed by atoms with Crippen molar-refractivity contribution in [3.8, 4) is 56.6 Å². The molecule has 0 radical (unpaired) electrons. The van der Waals surface area contributed by atoms with Crippen LogP contribution in [0.15, 0.2) is 152 Å². The lowest BCUT2D eigenvalue weighted by Crippen LogP contribution is -1.95. The van der Waals surface area contributed by atoms with E-state index in [1.54, 1.807) is 0 Å². The Labute approximate surface area is 271 Å². The summed E-state index contributed by atoms with van der Waals surface area (Å²) in [6, 6.07) is 56.9. The molecule has 216 valence electrons. The number of hydrogen-bond donors (Lipinski definition) is 0. The number of nitrogens with zero attached hydrogens (tertiary/aromatic N) is 3. The van der Waals surface area contributed by atoms with Crippen LogP contribution in [0.2, 0.25) is 0 Å². The molecule has 2 heterocycles. The first kappa shape index (κ1) is 26.7. The maximum Gasteiger partial charge on any atom is 0.0999 e. The number of nitriles is 2. The monoisotopic (exact) mass is 595 g/mol. The summed E-state index contributed by atoms with van der Waals surface area (Å²) < 4.78 is 2.29. The SMILES string of the molecule is N#Cc1cc2c(c(-c3ccccc3)c1-c1ccccc1)c1cccc3c4c(-c5ccccc5)c(-c5ccccc5)c(C#N)cc4n2c13. The van der Waals surface area contributed by atoms with Gasteiger partial charge in [-0.15, -0.1) is 0 Å². The Morgan fingerprint density at radius 2 is 0.723 bits per heavy atom. The standard InChI is InChI=1S/C44H25N3/c45-26-32-24-36-42(40(30-18-9-3-10-19-30)38(32)28-14-5-1-6-15-28)34-22-13-23-35-43-37(47(36)44(34)35)25-33(27-46)39(29-16-7-2-8-17-29)41(43)31-20-11-4-12-21-31/h1-25H. The van der Waals surface area contributed by atoms with E-state index in [0.717, 1.165) is 82.6 Å². The van der Waals surface area contributed by atoms with Gasteiger partial charge < -0.3 is 4.40 Å². The first-order chi connectivity index (χ1) is 23.3. The Bertz CT molecular complexity index is 2530. The molecule has 0 unspecified atom stereocenters. The molecule has 3 heteroatoms. The molecule has 0 bridgehead atoms. The highest BCUT2D eigenvalue weighted by Gasteiger charge is 2.27. The molecule has 7 aromatic carbocycles. The van der Waals surface area contributed by atoms with Crippen molar-refractivity contribution in [2.45, 2.75) is 0 Å². The highest BCUT2D eigenvalue weighted by molar-refractivity contribution is 6.30. The summed E-state index contributed by atoms with van der Waals surface area (Å²) in [4.78, 5) is 0.